The summed E-state index contributed by atoms with van der Waals surface area (Å²) in [6.45, 7) is 0.118. The van der Waals surface area contributed by atoms with E-state index >= 15 is 0 Å². The number of amides is 2. The first kappa shape index (κ1) is 19.4. The van der Waals surface area contributed by atoms with Crippen molar-refractivity contribution < 1.29 is 36.2 Å². The molecule has 0 bridgehead atoms. The molecule has 2 amide bonds. The number of rotatable bonds is 4. The minimum Gasteiger partial charge on any atom is -0.369 e. The molecular formula is C12H11ClF6N2O2. The van der Waals surface area contributed by atoms with Gasteiger partial charge in [0.2, 0.25) is 0 Å². The van der Waals surface area contributed by atoms with Gasteiger partial charge < -0.3 is 15.7 Å². The quantitative estimate of drug-likeness (QED) is 0.567. The van der Waals surface area contributed by atoms with Crippen LogP contribution in [0.2, 0.25) is 0 Å². The van der Waals surface area contributed by atoms with Crippen LogP contribution in [-0.2, 0) is 5.60 Å². The molecular weight excluding hydrogens is 354 g/mol. The van der Waals surface area contributed by atoms with E-state index in [0.717, 1.165) is 12.1 Å². The summed E-state index contributed by atoms with van der Waals surface area (Å²) in [7, 11) is 0. The number of nitrogens with one attached hydrogen (secondary N) is 2. The minimum absolute atomic E-state index is 0.0625. The normalized spacial score (nSPS) is 12.9. The molecule has 1 rings (SSSR count). The average Bonchev–Trinajstić information content (AvgIpc) is 2.42. The van der Waals surface area contributed by atoms with E-state index in [1.54, 1.807) is 0 Å². The lowest BCUT2D eigenvalue weighted by Crippen LogP contribution is -2.53. The van der Waals surface area contributed by atoms with Gasteiger partial charge in [-0.1, -0.05) is 12.1 Å². The van der Waals surface area contributed by atoms with E-state index in [1.807, 2.05) is 0 Å². The van der Waals surface area contributed by atoms with Gasteiger partial charge in [-0.15, -0.1) is 11.6 Å². The molecule has 0 saturated carbocycles. The molecule has 0 aliphatic carbocycles. The summed E-state index contributed by atoms with van der Waals surface area (Å²) in [5, 5.41) is 13.6. The van der Waals surface area contributed by atoms with E-state index in [4.69, 9.17) is 11.6 Å². The summed E-state index contributed by atoms with van der Waals surface area (Å²) >= 11 is 5.32. The van der Waals surface area contributed by atoms with Crippen LogP contribution in [0.15, 0.2) is 24.3 Å². The van der Waals surface area contributed by atoms with Crippen LogP contribution in [0.1, 0.15) is 5.56 Å². The summed E-state index contributed by atoms with van der Waals surface area (Å²) in [6, 6.07) is 1.73. The Morgan fingerprint density at radius 2 is 1.52 bits per heavy atom. The Hall–Kier alpha value is -1.68. The topological polar surface area (TPSA) is 61.4 Å². The second kappa shape index (κ2) is 6.83. The lowest BCUT2D eigenvalue weighted by Gasteiger charge is -2.32. The number of hydrogen-bond donors (Lipinski definition) is 3. The Morgan fingerprint density at radius 1 is 1.04 bits per heavy atom. The Labute approximate surface area is 131 Å². The van der Waals surface area contributed by atoms with Gasteiger partial charge in [0.05, 0.1) is 0 Å². The fourth-order valence-corrected chi connectivity index (χ4v) is 1.71. The van der Waals surface area contributed by atoms with Gasteiger partial charge in [-0.05, 0) is 12.1 Å². The third kappa shape index (κ3) is 4.20. The molecule has 0 saturated heterocycles. The minimum atomic E-state index is -5.96. The van der Waals surface area contributed by atoms with Crippen LogP contribution in [0.25, 0.3) is 0 Å². The molecule has 0 unspecified atom stereocenters. The third-order valence-electron chi connectivity index (χ3n) is 2.76. The number of aliphatic hydroxyl groups is 1. The maximum absolute atomic E-state index is 12.7. The molecule has 130 valence electrons. The molecule has 0 radical (unpaired) electrons. The maximum Gasteiger partial charge on any atom is 0.430 e. The Balaban J connectivity index is 3.04. The number of anilines is 1. The fraction of sp³-hybridized carbons (Fsp3) is 0.417. The fourth-order valence-electron chi connectivity index (χ4n) is 1.62. The van der Waals surface area contributed by atoms with Gasteiger partial charge in [0, 0.05) is 23.7 Å². The van der Waals surface area contributed by atoms with Crippen LogP contribution in [0.3, 0.4) is 0 Å². The molecule has 1 aromatic rings. The first-order valence-corrected chi connectivity index (χ1v) is 6.54. The largest absolute Gasteiger partial charge is 0.430 e. The SMILES string of the molecule is O=C(NCCCl)Nc1ccc(C(O)(C(F)(F)F)C(F)(F)F)cc1. The molecule has 4 nitrogen and oxygen atoms in total. The van der Waals surface area contributed by atoms with Crippen molar-refractivity contribution in [2.24, 2.45) is 0 Å². The van der Waals surface area contributed by atoms with Crippen LogP contribution in [0.4, 0.5) is 36.8 Å². The zero-order valence-corrected chi connectivity index (χ0v) is 12.0. The number of urea groups is 1. The van der Waals surface area contributed by atoms with Gasteiger partial charge in [-0.2, -0.15) is 26.3 Å². The highest BCUT2D eigenvalue weighted by Crippen LogP contribution is 2.50. The average molecular weight is 365 g/mol. The Morgan fingerprint density at radius 3 is 1.91 bits per heavy atom. The predicted octanol–water partition coefficient (Wildman–Crippen LogP) is 3.36. The third-order valence-corrected chi connectivity index (χ3v) is 2.95. The second-order valence-electron chi connectivity index (χ2n) is 4.35. The Bertz CT molecular complexity index is 530. The lowest BCUT2D eigenvalue weighted by molar-refractivity contribution is -0.376. The van der Waals surface area contributed by atoms with E-state index in [1.165, 1.54) is 0 Å². The van der Waals surface area contributed by atoms with Crippen LogP contribution >= 0.6 is 11.6 Å². The molecule has 3 N–H and O–H groups in total. The summed E-state index contributed by atoms with van der Waals surface area (Å²) in [5.74, 6) is 0.122. The number of hydrogen-bond acceptors (Lipinski definition) is 2. The van der Waals surface area contributed by atoms with Crippen molar-refractivity contribution >= 4 is 23.3 Å². The molecule has 0 aliphatic rings. The molecule has 23 heavy (non-hydrogen) atoms. The van der Waals surface area contributed by atoms with E-state index in [2.05, 4.69) is 10.6 Å². The molecule has 0 atom stereocenters. The summed E-state index contributed by atoms with van der Waals surface area (Å²) < 4.78 is 76.0. The zero-order chi connectivity index (χ0) is 17.9. The van der Waals surface area contributed by atoms with Gasteiger partial charge in [0.1, 0.15) is 0 Å². The highest BCUT2D eigenvalue weighted by molar-refractivity contribution is 6.18. The second-order valence-corrected chi connectivity index (χ2v) is 4.73. The monoisotopic (exact) mass is 364 g/mol. The number of carbonyl (C=O) groups excluding carboxylic acids is 1. The van der Waals surface area contributed by atoms with Crippen LogP contribution in [0.5, 0.6) is 0 Å². The van der Waals surface area contributed by atoms with Gasteiger partial charge in [0.15, 0.2) is 0 Å². The molecule has 0 heterocycles. The van der Waals surface area contributed by atoms with Crippen molar-refractivity contribution in [3.63, 3.8) is 0 Å². The van der Waals surface area contributed by atoms with Crippen molar-refractivity contribution in [3.05, 3.63) is 29.8 Å². The van der Waals surface area contributed by atoms with E-state index in [0.29, 0.717) is 12.1 Å². The van der Waals surface area contributed by atoms with Crippen molar-refractivity contribution in [2.45, 2.75) is 18.0 Å². The first-order valence-electron chi connectivity index (χ1n) is 6.00. The molecule has 0 fully saturated rings. The van der Waals surface area contributed by atoms with Crippen LogP contribution in [-0.4, -0.2) is 35.9 Å². The highest BCUT2D eigenvalue weighted by atomic mass is 35.5. The smallest absolute Gasteiger partial charge is 0.369 e. The van der Waals surface area contributed by atoms with Crippen molar-refractivity contribution in [3.8, 4) is 0 Å². The van der Waals surface area contributed by atoms with Crippen molar-refractivity contribution in [2.75, 3.05) is 17.7 Å². The van der Waals surface area contributed by atoms with E-state index < -0.39 is 29.5 Å². The van der Waals surface area contributed by atoms with Crippen LogP contribution < -0.4 is 10.6 Å². The van der Waals surface area contributed by atoms with Crippen molar-refractivity contribution in [1.82, 2.24) is 5.32 Å². The number of benzene rings is 1. The maximum atomic E-state index is 12.7. The zero-order valence-electron chi connectivity index (χ0n) is 11.2. The molecule has 0 aliphatic heterocycles. The lowest BCUT2D eigenvalue weighted by atomic mass is 9.92. The number of halogens is 7. The molecule has 11 heteroatoms. The van der Waals surface area contributed by atoms with E-state index in [-0.39, 0.29) is 18.1 Å². The summed E-state index contributed by atoms with van der Waals surface area (Å²) in [5.41, 5.74) is -6.48. The Kier molecular flexibility index (Phi) is 5.75. The summed E-state index contributed by atoms with van der Waals surface area (Å²) in [4.78, 5) is 11.3. The molecule has 0 spiro atoms. The van der Waals surface area contributed by atoms with Gasteiger partial charge in [0.25, 0.3) is 5.60 Å². The van der Waals surface area contributed by atoms with Crippen molar-refractivity contribution in [1.29, 1.82) is 0 Å². The van der Waals surface area contributed by atoms with Gasteiger partial charge in [-0.25, -0.2) is 4.79 Å². The van der Waals surface area contributed by atoms with E-state index in [9.17, 15) is 36.2 Å². The number of alkyl halides is 7. The molecule has 0 aromatic heterocycles. The number of carbonyl (C=O) groups is 1. The molecule has 1 aromatic carbocycles. The highest BCUT2D eigenvalue weighted by Gasteiger charge is 2.71. The first-order chi connectivity index (χ1) is 10.4. The van der Waals surface area contributed by atoms with Gasteiger partial charge >= 0.3 is 18.4 Å². The van der Waals surface area contributed by atoms with Crippen LogP contribution in [0, 0.1) is 0 Å². The summed E-state index contributed by atoms with van der Waals surface area (Å²) in [6.07, 6.45) is -11.9. The van der Waals surface area contributed by atoms with Gasteiger partial charge in [-0.3, -0.25) is 0 Å². The predicted molar refractivity (Wildman–Crippen MR) is 70.2 cm³/mol. The standard InChI is InChI=1S/C12H11ClF6N2O2/c13-5-6-20-9(22)21-8-3-1-7(2-4-8)10(23,11(14,15)16)12(17,18)19/h1-4,23H,5-6H2,(H2,20,21,22).